The lowest BCUT2D eigenvalue weighted by Gasteiger charge is -2.21. The average molecular weight is 1510 g/mol. The second kappa shape index (κ2) is 77.1. The van der Waals surface area contributed by atoms with Gasteiger partial charge < -0.3 is 33.8 Å². The van der Waals surface area contributed by atoms with Crippen LogP contribution in [0.25, 0.3) is 0 Å². The molecule has 0 radical (unpaired) electrons. The average Bonchev–Trinajstić information content (AvgIpc) is 0.918. The van der Waals surface area contributed by atoms with Crippen molar-refractivity contribution in [2.45, 2.75) is 380 Å². The van der Waals surface area contributed by atoms with Gasteiger partial charge in [0.25, 0.3) is 0 Å². The van der Waals surface area contributed by atoms with Gasteiger partial charge in [-0.05, 0) is 141 Å². The fourth-order valence-corrected chi connectivity index (χ4v) is 12.7. The predicted octanol–water partition coefficient (Wildman–Crippen LogP) is 24.3. The summed E-state index contributed by atoms with van der Waals surface area (Å²) in [6.07, 6.45) is 82.5. The summed E-state index contributed by atoms with van der Waals surface area (Å²) in [5.74, 6) is -2.27. The van der Waals surface area contributed by atoms with Gasteiger partial charge in [0.05, 0.1) is 26.4 Å². The van der Waals surface area contributed by atoms with Crippen molar-refractivity contribution < 1.29 is 80.2 Å². The minimum absolute atomic E-state index is 0.0377. The summed E-state index contributed by atoms with van der Waals surface area (Å²) in [6.45, 7) is 4.77. The van der Waals surface area contributed by atoms with Crippen LogP contribution in [-0.4, -0.2) is 96.7 Å². The normalized spacial score (nSPS) is 14.3. The van der Waals surface area contributed by atoms with Crippen molar-refractivity contribution in [3.63, 3.8) is 0 Å². The van der Waals surface area contributed by atoms with Crippen LogP contribution in [0.3, 0.4) is 0 Å². The highest BCUT2D eigenvalue weighted by Crippen LogP contribution is 2.45. The summed E-state index contributed by atoms with van der Waals surface area (Å²) in [4.78, 5) is 73.1. The third kappa shape index (κ3) is 76.2. The first kappa shape index (κ1) is 100.0. The van der Waals surface area contributed by atoms with Crippen LogP contribution in [0.4, 0.5) is 0 Å². The molecule has 19 heteroatoms. The van der Waals surface area contributed by atoms with Crippen molar-refractivity contribution in [2.24, 2.45) is 0 Å². The van der Waals surface area contributed by atoms with E-state index in [1.54, 1.807) is 0 Å². The van der Waals surface area contributed by atoms with Gasteiger partial charge >= 0.3 is 39.5 Å². The lowest BCUT2D eigenvalue weighted by molar-refractivity contribution is -0.161. The first-order valence-corrected chi connectivity index (χ1v) is 44.5. The molecule has 0 aromatic heterocycles. The van der Waals surface area contributed by atoms with Crippen molar-refractivity contribution in [2.75, 3.05) is 39.6 Å². The topological polar surface area (TPSA) is 237 Å². The van der Waals surface area contributed by atoms with Crippen LogP contribution in [0.5, 0.6) is 0 Å². The summed E-state index contributed by atoms with van der Waals surface area (Å²) in [5.41, 5.74) is 0. The molecule has 0 aliphatic carbocycles. The van der Waals surface area contributed by atoms with Gasteiger partial charge in [-0.2, -0.15) is 0 Å². The largest absolute Gasteiger partial charge is 0.472 e. The molecule has 2 unspecified atom stereocenters. The van der Waals surface area contributed by atoms with Crippen LogP contribution < -0.4 is 0 Å². The number of ether oxygens (including phenoxy) is 4. The van der Waals surface area contributed by atoms with Crippen LogP contribution in [0.15, 0.2) is 97.2 Å². The van der Waals surface area contributed by atoms with Gasteiger partial charge in [-0.1, -0.05) is 292 Å². The molecule has 0 aromatic rings. The van der Waals surface area contributed by atoms with Crippen molar-refractivity contribution in [1.29, 1.82) is 0 Å². The van der Waals surface area contributed by atoms with Gasteiger partial charge in [-0.15, -0.1) is 0 Å². The lowest BCUT2D eigenvalue weighted by atomic mass is 10.1. The van der Waals surface area contributed by atoms with Gasteiger partial charge in [0, 0.05) is 25.7 Å². The molecule has 17 nitrogen and oxygen atoms in total. The van der Waals surface area contributed by atoms with Crippen LogP contribution in [0.1, 0.15) is 362 Å². The number of allylic oxidation sites excluding steroid dienone is 16. The number of phosphoric acid groups is 2. The Morgan fingerprint density at radius 3 is 0.817 bits per heavy atom. The quantitative estimate of drug-likeness (QED) is 0.0169. The molecule has 3 N–H and O–H groups in total. The fourth-order valence-electron chi connectivity index (χ4n) is 11.1. The molecule has 0 aromatic carbocycles. The summed E-state index contributed by atoms with van der Waals surface area (Å²) < 4.78 is 68.6. The maximum Gasteiger partial charge on any atom is 0.472 e. The Balaban J connectivity index is 5.42. The summed E-state index contributed by atoms with van der Waals surface area (Å²) in [7, 11) is -9.98. The standard InChI is InChI=1S/C85H150O17P2/c1-5-9-13-17-21-25-29-33-37-38-39-40-44-46-50-54-58-62-66-70-83(88)96-76-81(102-85(90)72-68-64-60-56-52-48-43-36-32-28-24-20-16-12-8-4)78-100-104(93,94)98-74-79(86)73-97-103(91,92)99-77-80(101-84(89)71-67-63-59-55-51-47-42-35-31-27-23-19-15-11-7-3)75-95-82(87)69-65-61-57-53-49-45-41-34-30-26-22-18-14-10-6-2/h21,25,28,32-35,37,39-42,46,50,58,62,79-81,86H,5-20,22-24,26-27,29-31,36,38,43-45,47-49,51-57,59-61,63-78H2,1-4H3,(H,91,92)(H,93,94)/b25-21-,32-28-,37-33-,40-39-,41-34-,42-35-,50-46-,62-58-/t79-,80+,81+/m0/s1. The number of aliphatic hydroxyl groups is 1. The van der Waals surface area contributed by atoms with Crippen molar-refractivity contribution in [3.8, 4) is 0 Å². The van der Waals surface area contributed by atoms with E-state index in [0.29, 0.717) is 32.1 Å². The monoisotopic (exact) mass is 1510 g/mol. The lowest BCUT2D eigenvalue weighted by Crippen LogP contribution is -2.30. The number of unbranched alkanes of at least 4 members (excludes halogenated alkanes) is 36. The number of rotatable bonds is 78. The molecule has 0 saturated heterocycles. The second-order valence-electron chi connectivity index (χ2n) is 27.7. The van der Waals surface area contributed by atoms with Crippen LogP contribution in [0.2, 0.25) is 0 Å². The highest BCUT2D eigenvalue weighted by molar-refractivity contribution is 7.47. The Labute approximate surface area is 633 Å². The molecule has 0 fully saturated rings. The predicted molar refractivity (Wildman–Crippen MR) is 427 cm³/mol. The van der Waals surface area contributed by atoms with Gasteiger partial charge in [-0.3, -0.25) is 37.3 Å². The van der Waals surface area contributed by atoms with Crippen molar-refractivity contribution in [3.05, 3.63) is 97.2 Å². The van der Waals surface area contributed by atoms with Crippen LogP contribution in [0, 0.1) is 0 Å². The number of esters is 4. The van der Waals surface area contributed by atoms with Gasteiger partial charge in [-0.25, -0.2) is 9.13 Å². The Bertz CT molecular complexity index is 2350. The van der Waals surface area contributed by atoms with Crippen molar-refractivity contribution in [1.82, 2.24) is 0 Å². The first-order chi connectivity index (χ1) is 50.7. The Hall–Kier alpha value is -4.02. The number of hydrogen-bond donors (Lipinski definition) is 3. The van der Waals surface area contributed by atoms with Crippen LogP contribution >= 0.6 is 15.6 Å². The number of aliphatic hydroxyl groups excluding tert-OH is 1. The highest BCUT2D eigenvalue weighted by atomic mass is 31.2. The van der Waals surface area contributed by atoms with E-state index in [4.69, 9.17) is 37.0 Å². The molecule has 0 saturated carbocycles. The molecule has 0 rings (SSSR count). The fraction of sp³-hybridized carbons (Fsp3) is 0.765. The molecule has 0 spiro atoms. The Morgan fingerprint density at radius 1 is 0.269 bits per heavy atom. The molecule has 104 heavy (non-hydrogen) atoms. The third-order valence-corrected chi connectivity index (χ3v) is 19.4. The van der Waals surface area contributed by atoms with Gasteiger partial charge in [0.2, 0.25) is 0 Å². The second-order valence-corrected chi connectivity index (χ2v) is 30.6. The number of phosphoric ester groups is 2. The molecule has 0 aliphatic heterocycles. The van der Waals surface area contributed by atoms with E-state index in [1.807, 2.05) is 12.2 Å². The Morgan fingerprint density at radius 2 is 0.490 bits per heavy atom. The maximum absolute atomic E-state index is 13.1. The third-order valence-electron chi connectivity index (χ3n) is 17.5. The van der Waals surface area contributed by atoms with E-state index in [2.05, 4.69) is 113 Å². The molecule has 5 atom stereocenters. The zero-order chi connectivity index (χ0) is 76.0. The number of hydrogen-bond acceptors (Lipinski definition) is 15. The van der Waals surface area contributed by atoms with E-state index < -0.39 is 97.5 Å². The molecule has 0 aliphatic rings. The van der Waals surface area contributed by atoms with E-state index in [-0.39, 0.29) is 25.7 Å². The zero-order valence-electron chi connectivity index (χ0n) is 65.9. The molecule has 0 amide bonds. The molecule has 602 valence electrons. The molecular weight excluding hydrogens is 1350 g/mol. The Kier molecular flexibility index (Phi) is 74.2. The summed E-state index contributed by atoms with van der Waals surface area (Å²) >= 11 is 0. The van der Waals surface area contributed by atoms with E-state index >= 15 is 0 Å². The minimum atomic E-state index is -4.99. The first-order valence-electron chi connectivity index (χ1n) is 41.5. The van der Waals surface area contributed by atoms with E-state index in [9.17, 15) is 43.2 Å². The van der Waals surface area contributed by atoms with E-state index in [0.717, 1.165) is 154 Å². The minimum Gasteiger partial charge on any atom is -0.462 e. The van der Waals surface area contributed by atoms with Crippen molar-refractivity contribution >= 4 is 39.5 Å². The number of carbonyl (C=O) groups excluding carboxylic acids is 4. The smallest absolute Gasteiger partial charge is 0.462 e. The molecular formula is C85H150O17P2. The van der Waals surface area contributed by atoms with Gasteiger partial charge in [0.15, 0.2) is 12.2 Å². The highest BCUT2D eigenvalue weighted by Gasteiger charge is 2.30. The maximum atomic E-state index is 13.1. The SMILES string of the molecule is CCCCC/C=C\C/C=C\C/C=C\C/C=C\C/C=C\CCC(=O)OC[C@H](COP(=O)(O)OC[C@@H](O)COP(=O)(O)OC[C@@H](COC(=O)CCCCCCC/C=C\CCCCCCCC)OC(=O)CCCCCCC/C=C\CCCCCCCC)OC(=O)CCCCCCCCC/C=C\CCCCCC. The molecule has 0 heterocycles. The summed E-state index contributed by atoms with van der Waals surface area (Å²) in [5, 5.41) is 10.6. The van der Waals surface area contributed by atoms with E-state index in [1.165, 1.54) is 122 Å². The zero-order valence-corrected chi connectivity index (χ0v) is 67.7. The van der Waals surface area contributed by atoms with Gasteiger partial charge in [0.1, 0.15) is 19.3 Å². The number of carbonyl (C=O) groups is 4. The summed E-state index contributed by atoms with van der Waals surface area (Å²) in [6, 6.07) is 0. The molecule has 0 bridgehead atoms. The van der Waals surface area contributed by atoms with Crippen LogP contribution in [-0.2, 0) is 65.4 Å².